The molecule has 2 rings (SSSR count). The number of sulfone groups is 1. The van der Waals surface area contributed by atoms with E-state index in [1.54, 1.807) is 60.7 Å². The van der Waals surface area contributed by atoms with Crippen LogP contribution in [0.4, 0.5) is 0 Å². The fourth-order valence-electron chi connectivity index (χ4n) is 1.43. The van der Waals surface area contributed by atoms with E-state index in [0.717, 1.165) is 5.56 Å². The van der Waals surface area contributed by atoms with Crippen LogP contribution in [0.15, 0.2) is 64.9 Å². The molecule has 0 aliphatic rings. The minimum absolute atomic E-state index is 0.287. The first-order valence-corrected chi connectivity index (χ1v) is 7.24. The third kappa shape index (κ3) is 3.22. The lowest BCUT2D eigenvalue weighted by molar-refractivity contribution is 0.605. The van der Waals surface area contributed by atoms with Crippen LogP contribution in [0.3, 0.4) is 0 Å². The zero-order valence-electron chi connectivity index (χ0n) is 9.45. The molecule has 0 unspecified atom stereocenters. The Morgan fingerprint density at radius 1 is 0.889 bits per heavy atom. The van der Waals surface area contributed by atoms with E-state index in [2.05, 4.69) is 0 Å². The normalized spacial score (nSPS) is 11.8. The molecule has 0 saturated heterocycles. The highest BCUT2D eigenvalue weighted by Gasteiger charge is 2.08. The molecule has 0 N–H and O–H groups in total. The molecule has 0 heterocycles. The Morgan fingerprint density at radius 2 is 1.50 bits per heavy atom. The highest BCUT2D eigenvalue weighted by Crippen LogP contribution is 2.15. The SMILES string of the molecule is O=S(=O)(/C=C/c1ccc(Cl)cc1)c1ccccc1. The zero-order valence-corrected chi connectivity index (χ0v) is 11.0. The first-order valence-electron chi connectivity index (χ1n) is 5.32. The summed E-state index contributed by atoms with van der Waals surface area (Å²) in [6, 6.07) is 15.3. The molecule has 0 aliphatic heterocycles. The van der Waals surface area contributed by atoms with Gasteiger partial charge in [0.1, 0.15) is 0 Å². The third-order valence-electron chi connectivity index (χ3n) is 2.38. The first-order chi connectivity index (χ1) is 8.58. The first kappa shape index (κ1) is 12.9. The predicted molar refractivity (Wildman–Crippen MR) is 74.1 cm³/mol. The number of hydrogen-bond acceptors (Lipinski definition) is 2. The summed E-state index contributed by atoms with van der Waals surface area (Å²) in [7, 11) is -3.38. The average Bonchev–Trinajstić information content (AvgIpc) is 2.39. The van der Waals surface area contributed by atoms with Crippen LogP contribution in [-0.4, -0.2) is 8.42 Å². The molecule has 0 aliphatic carbocycles. The molecular weight excluding hydrogens is 268 g/mol. The summed E-state index contributed by atoms with van der Waals surface area (Å²) in [5.41, 5.74) is 0.791. The molecule has 92 valence electrons. The van der Waals surface area contributed by atoms with Gasteiger partial charge in [-0.15, -0.1) is 0 Å². The second kappa shape index (κ2) is 5.38. The van der Waals surface area contributed by atoms with Gasteiger partial charge in [0.2, 0.25) is 0 Å². The van der Waals surface area contributed by atoms with E-state index in [0.29, 0.717) is 5.02 Å². The molecule has 2 aromatic carbocycles. The van der Waals surface area contributed by atoms with Crippen molar-refractivity contribution in [1.82, 2.24) is 0 Å². The fourth-order valence-corrected chi connectivity index (χ4v) is 2.59. The van der Waals surface area contributed by atoms with Crippen molar-refractivity contribution in [3.8, 4) is 0 Å². The van der Waals surface area contributed by atoms with Gasteiger partial charge in [0.05, 0.1) is 4.90 Å². The molecule has 0 saturated carbocycles. The molecule has 4 heteroatoms. The molecule has 0 radical (unpaired) electrons. The fraction of sp³-hybridized carbons (Fsp3) is 0. The molecule has 18 heavy (non-hydrogen) atoms. The molecule has 0 amide bonds. The van der Waals surface area contributed by atoms with Crippen molar-refractivity contribution in [3.05, 3.63) is 70.6 Å². The Balaban J connectivity index is 2.26. The lowest BCUT2D eigenvalue weighted by Crippen LogP contribution is -1.95. The smallest absolute Gasteiger partial charge is 0.199 e. The lowest BCUT2D eigenvalue weighted by Gasteiger charge is -1.98. The van der Waals surface area contributed by atoms with E-state index in [1.807, 2.05) is 0 Å². The van der Waals surface area contributed by atoms with Gasteiger partial charge in [-0.05, 0) is 35.9 Å². The summed E-state index contributed by atoms with van der Waals surface area (Å²) < 4.78 is 23.9. The largest absolute Gasteiger partial charge is 0.219 e. The Morgan fingerprint density at radius 3 is 2.11 bits per heavy atom. The predicted octanol–water partition coefficient (Wildman–Crippen LogP) is 3.78. The third-order valence-corrected chi connectivity index (χ3v) is 4.06. The van der Waals surface area contributed by atoms with E-state index in [-0.39, 0.29) is 4.90 Å². The van der Waals surface area contributed by atoms with Crippen LogP contribution in [0.5, 0.6) is 0 Å². The Bertz CT molecular complexity index is 644. The van der Waals surface area contributed by atoms with Crippen molar-refractivity contribution >= 4 is 27.5 Å². The highest BCUT2D eigenvalue weighted by molar-refractivity contribution is 7.94. The summed E-state index contributed by atoms with van der Waals surface area (Å²) in [5, 5.41) is 1.82. The van der Waals surface area contributed by atoms with Crippen LogP contribution in [0.25, 0.3) is 6.08 Å². The summed E-state index contributed by atoms with van der Waals surface area (Å²) in [6.07, 6.45) is 1.55. The zero-order chi connectivity index (χ0) is 13.0. The Hall–Kier alpha value is -1.58. The van der Waals surface area contributed by atoms with Crippen LogP contribution >= 0.6 is 11.6 Å². The lowest BCUT2D eigenvalue weighted by atomic mass is 10.2. The topological polar surface area (TPSA) is 34.1 Å². The van der Waals surface area contributed by atoms with Crippen LogP contribution in [0, 0.1) is 0 Å². The van der Waals surface area contributed by atoms with Crippen LogP contribution in [0.1, 0.15) is 5.56 Å². The van der Waals surface area contributed by atoms with Gasteiger partial charge < -0.3 is 0 Å². The van der Waals surface area contributed by atoms with Crippen molar-refractivity contribution in [2.24, 2.45) is 0 Å². The molecular formula is C14H11ClO2S. The molecule has 0 aromatic heterocycles. The maximum Gasteiger partial charge on any atom is 0.199 e. The van der Waals surface area contributed by atoms with E-state index in [9.17, 15) is 8.42 Å². The summed E-state index contributed by atoms with van der Waals surface area (Å²) in [5.74, 6) is 0. The molecule has 0 fully saturated rings. The van der Waals surface area contributed by atoms with E-state index in [1.165, 1.54) is 5.41 Å². The maximum atomic E-state index is 12.0. The quantitative estimate of drug-likeness (QED) is 0.856. The van der Waals surface area contributed by atoms with Gasteiger partial charge in [0, 0.05) is 10.4 Å². The van der Waals surface area contributed by atoms with Crippen molar-refractivity contribution in [2.75, 3.05) is 0 Å². The van der Waals surface area contributed by atoms with E-state index in [4.69, 9.17) is 11.6 Å². The summed E-state index contributed by atoms with van der Waals surface area (Å²) in [6.45, 7) is 0. The highest BCUT2D eigenvalue weighted by atomic mass is 35.5. The summed E-state index contributed by atoms with van der Waals surface area (Å²) in [4.78, 5) is 0.287. The van der Waals surface area contributed by atoms with E-state index < -0.39 is 9.84 Å². The molecule has 2 nitrogen and oxygen atoms in total. The molecule has 2 aromatic rings. The standard InChI is InChI=1S/C14H11ClO2S/c15-13-8-6-12(7-9-13)10-11-18(16,17)14-4-2-1-3-5-14/h1-11H/b11-10+. The minimum atomic E-state index is -3.38. The second-order valence-electron chi connectivity index (χ2n) is 3.71. The van der Waals surface area contributed by atoms with Gasteiger partial charge in [-0.3, -0.25) is 0 Å². The van der Waals surface area contributed by atoms with Crippen molar-refractivity contribution in [3.63, 3.8) is 0 Å². The number of rotatable bonds is 3. The molecule has 0 bridgehead atoms. The van der Waals surface area contributed by atoms with Gasteiger partial charge in [-0.2, -0.15) is 0 Å². The maximum absolute atomic E-state index is 12.0. The average molecular weight is 279 g/mol. The van der Waals surface area contributed by atoms with Crippen molar-refractivity contribution in [1.29, 1.82) is 0 Å². The van der Waals surface area contributed by atoms with Gasteiger partial charge in [-0.25, -0.2) is 8.42 Å². The number of benzene rings is 2. The monoisotopic (exact) mass is 278 g/mol. The van der Waals surface area contributed by atoms with Crippen LogP contribution in [0.2, 0.25) is 5.02 Å². The van der Waals surface area contributed by atoms with Crippen LogP contribution < -0.4 is 0 Å². The Labute approximate surface area is 111 Å². The minimum Gasteiger partial charge on any atom is -0.219 e. The van der Waals surface area contributed by atoms with Gasteiger partial charge >= 0.3 is 0 Å². The van der Waals surface area contributed by atoms with Gasteiger partial charge in [0.15, 0.2) is 9.84 Å². The Kier molecular flexibility index (Phi) is 3.84. The summed E-state index contributed by atoms with van der Waals surface area (Å²) >= 11 is 5.76. The van der Waals surface area contributed by atoms with Gasteiger partial charge in [0.25, 0.3) is 0 Å². The van der Waals surface area contributed by atoms with Crippen molar-refractivity contribution in [2.45, 2.75) is 4.90 Å². The van der Waals surface area contributed by atoms with Gasteiger partial charge in [-0.1, -0.05) is 41.9 Å². The molecule has 0 atom stereocenters. The second-order valence-corrected chi connectivity index (χ2v) is 5.98. The molecule has 0 spiro atoms. The van der Waals surface area contributed by atoms with Crippen molar-refractivity contribution < 1.29 is 8.42 Å². The number of hydrogen-bond donors (Lipinski definition) is 0. The van der Waals surface area contributed by atoms with Crippen LogP contribution in [-0.2, 0) is 9.84 Å². The number of halogens is 1. The van der Waals surface area contributed by atoms with E-state index >= 15 is 0 Å².